The number of aliphatic hydroxyl groups excluding tert-OH is 1. The number of alkyl carbamates (subject to hydrolysis) is 1. The molecule has 3 N–H and O–H groups in total. The van der Waals surface area contributed by atoms with Crippen molar-refractivity contribution in [3.05, 3.63) is 71.3 Å². The number of benzene rings is 2. The Bertz CT molecular complexity index is 1240. The molecule has 0 radical (unpaired) electrons. The van der Waals surface area contributed by atoms with E-state index in [0.29, 0.717) is 12.5 Å². The number of ether oxygens (including phenoxy) is 1. The first kappa shape index (κ1) is 32.2. The molecule has 2 aromatic carbocycles. The van der Waals surface area contributed by atoms with Crippen LogP contribution in [0.3, 0.4) is 0 Å². The monoisotopic (exact) mass is 613 g/mol. The lowest BCUT2D eigenvalue weighted by Crippen LogP contribution is -2.58. The molecule has 5 atom stereocenters. The zero-order chi connectivity index (χ0) is 30.4. The molecule has 42 heavy (non-hydrogen) atoms. The zero-order valence-electron chi connectivity index (χ0n) is 25.0. The first-order valence-electron chi connectivity index (χ1n) is 14.6. The van der Waals surface area contributed by atoms with Gasteiger partial charge in [0.05, 0.1) is 11.9 Å². The van der Waals surface area contributed by atoms with E-state index >= 15 is 0 Å². The maximum absolute atomic E-state index is 13.9. The molecule has 2 aliphatic heterocycles. The Balaban J connectivity index is 1.49. The molecule has 0 saturated carbocycles. The van der Waals surface area contributed by atoms with Crippen molar-refractivity contribution >= 4 is 41.4 Å². The van der Waals surface area contributed by atoms with Gasteiger partial charge < -0.3 is 25.4 Å². The van der Waals surface area contributed by atoms with Crippen LogP contribution in [-0.2, 0) is 27.3 Å². The van der Waals surface area contributed by atoms with Crippen molar-refractivity contribution < 1.29 is 24.2 Å². The van der Waals surface area contributed by atoms with Crippen molar-refractivity contribution in [2.45, 2.75) is 88.3 Å². The van der Waals surface area contributed by atoms with Crippen molar-refractivity contribution in [2.24, 2.45) is 5.92 Å². The number of carbonyl (C=O) groups is 3. The number of aliphatic hydroxyl groups is 1. The third kappa shape index (κ3) is 7.82. The number of nitrogens with one attached hydrogen (secondary N) is 2. The van der Waals surface area contributed by atoms with Crippen molar-refractivity contribution in [1.82, 2.24) is 15.5 Å². The zero-order valence-corrected chi connectivity index (χ0v) is 26.7. The van der Waals surface area contributed by atoms with Gasteiger partial charge in [0.15, 0.2) is 6.10 Å². The van der Waals surface area contributed by atoms with E-state index in [0.717, 1.165) is 28.9 Å². The fraction of sp³-hybridized carbons (Fsp3) is 0.531. The molecule has 8 nitrogen and oxygen atoms in total. The Kier molecular flexibility index (Phi) is 10.9. The van der Waals surface area contributed by atoms with E-state index in [-0.39, 0.29) is 29.6 Å². The summed E-state index contributed by atoms with van der Waals surface area (Å²) in [5.74, 6) is 0.655. The molecule has 2 saturated heterocycles. The molecule has 2 fully saturated rings. The maximum atomic E-state index is 13.9. The summed E-state index contributed by atoms with van der Waals surface area (Å²) in [6.45, 7) is 10.4. The summed E-state index contributed by atoms with van der Waals surface area (Å²) in [5, 5.41) is 17.5. The third-order valence-electron chi connectivity index (χ3n) is 8.02. The summed E-state index contributed by atoms with van der Waals surface area (Å²) in [7, 11) is 0. The lowest BCUT2D eigenvalue weighted by molar-refractivity contribution is -0.147. The van der Waals surface area contributed by atoms with Crippen molar-refractivity contribution in [2.75, 3.05) is 11.6 Å². The standard InChI is InChI=1S/C32H43N3O5S2/c1-20(2)27-25(15-16-41-27)40-31(39)34-24(17-22-12-7-6-8-13-22)26(36)30(38)35-19-42-32(4,5)28(35)29(37)33-18-23-14-10-9-11-21(23)3/h6-14,20,24-28,36H,15-19H2,1-5H3,(H,33,37)(H,34,39)/t24-,25+,26-,27+,28+/m0/s1. The lowest BCUT2D eigenvalue weighted by atomic mass is 9.97. The Morgan fingerprint density at radius 2 is 1.79 bits per heavy atom. The first-order valence-corrected chi connectivity index (χ1v) is 16.6. The Morgan fingerprint density at radius 1 is 1.10 bits per heavy atom. The normalized spacial score (nSPS) is 22.9. The molecule has 0 bridgehead atoms. The number of hydrogen-bond acceptors (Lipinski definition) is 7. The molecule has 2 heterocycles. The number of nitrogens with zero attached hydrogens (tertiary/aromatic N) is 1. The Hall–Kier alpha value is -2.69. The summed E-state index contributed by atoms with van der Waals surface area (Å²) in [6, 6.07) is 15.5. The highest BCUT2D eigenvalue weighted by molar-refractivity contribution is 8.01. The van der Waals surface area contributed by atoms with Gasteiger partial charge in [-0.05, 0) is 62.0 Å². The van der Waals surface area contributed by atoms with E-state index in [2.05, 4.69) is 24.5 Å². The van der Waals surface area contributed by atoms with Crippen LogP contribution in [0.2, 0.25) is 0 Å². The van der Waals surface area contributed by atoms with Crippen LogP contribution >= 0.6 is 23.5 Å². The highest BCUT2D eigenvalue weighted by Gasteiger charge is 2.50. The molecule has 4 rings (SSSR count). The fourth-order valence-corrected chi connectivity index (χ4v) is 8.19. The predicted octanol–water partition coefficient (Wildman–Crippen LogP) is 4.52. The minimum atomic E-state index is -1.57. The van der Waals surface area contributed by atoms with Crippen LogP contribution in [0.4, 0.5) is 4.79 Å². The second-order valence-corrected chi connectivity index (χ2v) is 14.8. The topological polar surface area (TPSA) is 108 Å². The van der Waals surface area contributed by atoms with E-state index in [1.54, 1.807) is 11.8 Å². The number of aryl methyl sites for hydroxylation is 1. The number of amides is 3. The molecular weight excluding hydrogens is 571 g/mol. The molecule has 3 amide bonds. The van der Waals surface area contributed by atoms with E-state index in [1.165, 1.54) is 16.7 Å². The molecule has 0 aromatic heterocycles. The average Bonchev–Trinajstić information content (AvgIpc) is 3.55. The van der Waals surface area contributed by atoms with Crippen LogP contribution in [0, 0.1) is 12.8 Å². The van der Waals surface area contributed by atoms with E-state index < -0.39 is 34.9 Å². The predicted molar refractivity (Wildman–Crippen MR) is 169 cm³/mol. The van der Waals surface area contributed by atoms with Gasteiger partial charge in [-0.3, -0.25) is 9.59 Å². The van der Waals surface area contributed by atoms with Gasteiger partial charge in [0.2, 0.25) is 5.91 Å². The van der Waals surface area contributed by atoms with E-state index in [1.807, 2.05) is 75.4 Å². The Morgan fingerprint density at radius 3 is 2.48 bits per heavy atom. The molecule has 0 unspecified atom stereocenters. The van der Waals surface area contributed by atoms with Crippen LogP contribution in [0.1, 0.15) is 50.8 Å². The summed E-state index contributed by atoms with van der Waals surface area (Å²) in [5.41, 5.74) is 2.92. The van der Waals surface area contributed by atoms with Crippen LogP contribution < -0.4 is 10.6 Å². The second kappa shape index (κ2) is 14.2. The lowest BCUT2D eigenvalue weighted by Gasteiger charge is -2.33. The van der Waals surface area contributed by atoms with Gasteiger partial charge in [-0.15, -0.1) is 11.8 Å². The SMILES string of the molecule is Cc1ccccc1CNC(=O)[C@H]1N(C(=O)[C@@H](O)[C@H](Cc2ccccc2)NC(=O)O[C@@H]2CCS[C@@H]2C(C)C)CSC1(C)C. The molecule has 228 valence electrons. The minimum Gasteiger partial charge on any atom is -0.445 e. The largest absolute Gasteiger partial charge is 0.445 e. The number of rotatable bonds is 10. The summed E-state index contributed by atoms with van der Waals surface area (Å²) < 4.78 is 5.24. The van der Waals surface area contributed by atoms with Gasteiger partial charge in [0, 0.05) is 16.5 Å². The summed E-state index contributed by atoms with van der Waals surface area (Å²) >= 11 is 3.29. The molecule has 2 aliphatic rings. The fourth-order valence-electron chi connectivity index (χ4n) is 5.61. The van der Waals surface area contributed by atoms with Crippen LogP contribution in [0.15, 0.2) is 54.6 Å². The maximum Gasteiger partial charge on any atom is 0.407 e. The molecule has 2 aromatic rings. The first-order chi connectivity index (χ1) is 20.0. The number of carbonyl (C=O) groups excluding carboxylic acids is 3. The smallest absolute Gasteiger partial charge is 0.407 e. The van der Waals surface area contributed by atoms with Crippen LogP contribution in [0.5, 0.6) is 0 Å². The summed E-state index contributed by atoms with van der Waals surface area (Å²) in [6.07, 6.45) is -1.45. The highest BCUT2D eigenvalue weighted by atomic mass is 32.2. The van der Waals surface area contributed by atoms with Crippen molar-refractivity contribution in [3.8, 4) is 0 Å². The van der Waals surface area contributed by atoms with E-state index in [4.69, 9.17) is 4.74 Å². The van der Waals surface area contributed by atoms with Gasteiger partial charge in [0.1, 0.15) is 12.1 Å². The molecule has 0 spiro atoms. The number of thioether (sulfide) groups is 2. The Labute approximate surface area is 257 Å². The van der Waals surface area contributed by atoms with Gasteiger partial charge >= 0.3 is 6.09 Å². The molecular formula is C32H43N3O5S2. The van der Waals surface area contributed by atoms with Crippen LogP contribution in [-0.4, -0.2) is 73.8 Å². The quantitative estimate of drug-likeness (QED) is 0.362. The van der Waals surface area contributed by atoms with Crippen molar-refractivity contribution in [3.63, 3.8) is 0 Å². The average molecular weight is 614 g/mol. The molecule has 0 aliphatic carbocycles. The van der Waals surface area contributed by atoms with Gasteiger partial charge in [0.25, 0.3) is 5.91 Å². The van der Waals surface area contributed by atoms with Gasteiger partial charge in [-0.2, -0.15) is 11.8 Å². The third-order valence-corrected chi connectivity index (χ3v) is 11.1. The number of hydrogen-bond donors (Lipinski definition) is 3. The van der Waals surface area contributed by atoms with E-state index in [9.17, 15) is 19.5 Å². The van der Waals surface area contributed by atoms with Crippen LogP contribution in [0.25, 0.3) is 0 Å². The van der Waals surface area contributed by atoms with Gasteiger partial charge in [-0.1, -0.05) is 68.4 Å². The minimum absolute atomic E-state index is 0.206. The summed E-state index contributed by atoms with van der Waals surface area (Å²) in [4.78, 5) is 41.9. The molecule has 10 heteroatoms. The highest BCUT2D eigenvalue weighted by Crippen LogP contribution is 2.40. The van der Waals surface area contributed by atoms with Gasteiger partial charge in [-0.25, -0.2) is 4.79 Å². The second-order valence-electron chi connectivity index (χ2n) is 11.9. The van der Waals surface area contributed by atoms with Crippen molar-refractivity contribution in [1.29, 1.82) is 0 Å².